The quantitative estimate of drug-likeness (QED) is 0.421. The maximum Gasteiger partial charge on any atom is 0.123 e. The lowest BCUT2D eigenvalue weighted by molar-refractivity contribution is 0.408. The van der Waals surface area contributed by atoms with Crippen molar-refractivity contribution in [1.29, 1.82) is 0 Å². The van der Waals surface area contributed by atoms with Crippen LogP contribution < -0.4 is 20.2 Å². The van der Waals surface area contributed by atoms with Gasteiger partial charge >= 0.3 is 0 Å². The Morgan fingerprint density at radius 2 is 1.90 bits per heavy atom. The molecule has 5 heteroatoms. The lowest BCUT2D eigenvalue weighted by Crippen LogP contribution is -2.28. The van der Waals surface area contributed by atoms with E-state index in [-0.39, 0.29) is 11.6 Å². The van der Waals surface area contributed by atoms with Gasteiger partial charge in [-0.3, -0.25) is 4.99 Å². The summed E-state index contributed by atoms with van der Waals surface area (Å²) in [4.78, 5) is 7.70. The highest BCUT2D eigenvalue weighted by Gasteiger charge is 2.34. The summed E-state index contributed by atoms with van der Waals surface area (Å²) in [5, 5.41) is 12.7. The van der Waals surface area contributed by atoms with Gasteiger partial charge in [-0.05, 0) is 103 Å². The van der Waals surface area contributed by atoms with Crippen LogP contribution in [0.25, 0.3) is 6.08 Å². The Balaban J connectivity index is 1.30. The number of hydrogen-bond acceptors (Lipinski definition) is 4. The second-order valence-electron chi connectivity index (χ2n) is 11.3. The van der Waals surface area contributed by atoms with Crippen LogP contribution in [0.1, 0.15) is 68.1 Å². The van der Waals surface area contributed by atoms with Crippen molar-refractivity contribution in [1.82, 2.24) is 0 Å². The Labute approximate surface area is 230 Å². The standard InChI is InChI=1S/C34H37FN2O2/c1-22-5-4-17-37(18-16-22)27-12-8-23(9-13-27)28-21-29(28)31-7-3-6-24-10-14-32(38)30(34(24)36-31)20-25-19-26(35)11-15-33(25)39-2/h6,8-15,19,22,28,38H,3-5,7,16-18,20-21H2,1-2H3/b31-29+. The summed E-state index contributed by atoms with van der Waals surface area (Å²) < 4.78 is 19.6. The second-order valence-corrected chi connectivity index (χ2v) is 11.3. The molecule has 6 rings (SSSR count). The topological polar surface area (TPSA) is 45.1 Å². The van der Waals surface area contributed by atoms with Gasteiger partial charge in [0.15, 0.2) is 0 Å². The van der Waals surface area contributed by atoms with Gasteiger partial charge in [-0.25, -0.2) is 4.39 Å². The van der Waals surface area contributed by atoms with E-state index in [0.717, 1.165) is 54.5 Å². The monoisotopic (exact) mass is 524 g/mol. The number of phenolic OH excluding ortho intramolecular Hbond substituents is 1. The molecule has 1 saturated heterocycles. The third-order valence-electron chi connectivity index (χ3n) is 8.62. The molecular formula is C34H37FN2O2. The number of benzene rings is 3. The highest BCUT2D eigenvalue weighted by molar-refractivity contribution is 5.53. The average molecular weight is 525 g/mol. The van der Waals surface area contributed by atoms with E-state index < -0.39 is 0 Å². The summed E-state index contributed by atoms with van der Waals surface area (Å²) >= 11 is 0. The molecule has 2 aliphatic heterocycles. The van der Waals surface area contributed by atoms with Crippen molar-refractivity contribution < 1.29 is 14.2 Å². The molecular weight excluding hydrogens is 487 g/mol. The SMILES string of the molecule is COc1ccc(F)cc1Cc1c(O)ccc2c1=N/C(=C1\CC1c1ccc(N3CCCC(C)CC3)cc1)CCC=2. The Bertz CT molecular complexity index is 1530. The Morgan fingerprint density at radius 3 is 2.72 bits per heavy atom. The molecule has 3 aromatic carbocycles. The van der Waals surface area contributed by atoms with Gasteiger partial charge in [-0.2, -0.15) is 0 Å². The van der Waals surface area contributed by atoms with Crippen molar-refractivity contribution in [3.05, 3.63) is 99.0 Å². The van der Waals surface area contributed by atoms with Crippen LogP contribution in [0.5, 0.6) is 11.5 Å². The first kappa shape index (κ1) is 25.7. The normalized spacial score (nSPS) is 22.7. The summed E-state index contributed by atoms with van der Waals surface area (Å²) in [5.41, 5.74) is 6.61. The number of nitrogens with zero attached hydrogens (tertiary/aromatic N) is 2. The van der Waals surface area contributed by atoms with Crippen LogP contribution in [0, 0.1) is 11.7 Å². The van der Waals surface area contributed by atoms with E-state index in [2.05, 4.69) is 42.2 Å². The van der Waals surface area contributed by atoms with Crippen LogP contribution in [-0.4, -0.2) is 25.3 Å². The molecule has 2 fully saturated rings. The molecule has 39 heavy (non-hydrogen) atoms. The van der Waals surface area contributed by atoms with E-state index >= 15 is 0 Å². The number of allylic oxidation sites excluding steroid dienone is 2. The number of phenols is 1. The fraction of sp³-hybridized carbons (Fsp3) is 0.382. The van der Waals surface area contributed by atoms with Crippen molar-refractivity contribution >= 4 is 11.8 Å². The molecule has 0 amide bonds. The van der Waals surface area contributed by atoms with Gasteiger partial charge in [0.05, 0.1) is 12.5 Å². The molecule has 3 aromatic rings. The zero-order valence-corrected chi connectivity index (χ0v) is 22.9. The summed E-state index contributed by atoms with van der Waals surface area (Å²) in [6.07, 6.45) is 9.22. The van der Waals surface area contributed by atoms with Crippen LogP contribution in [0.2, 0.25) is 0 Å². The zero-order valence-electron chi connectivity index (χ0n) is 22.9. The minimum Gasteiger partial charge on any atom is -0.508 e. The zero-order chi connectivity index (χ0) is 26.9. The van der Waals surface area contributed by atoms with E-state index in [9.17, 15) is 9.50 Å². The van der Waals surface area contributed by atoms with Crippen LogP contribution in [0.3, 0.4) is 0 Å². The molecule has 202 valence electrons. The predicted molar refractivity (Wildman–Crippen MR) is 154 cm³/mol. The fourth-order valence-electron chi connectivity index (χ4n) is 6.22. The number of halogens is 1. The highest BCUT2D eigenvalue weighted by Crippen LogP contribution is 2.50. The molecule has 0 aromatic heterocycles. The molecule has 0 bridgehead atoms. The van der Waals surface area contributed by atoms with E-state index in [1.165, 1.54) is 48.2 Å². The van der Waals surface area contributed by atoms with E-state index in [0.29, 0.717) is 29.2 Å². The minimum absolute atomic E-state index is 0.175. The summed E-state index contributed by atoms with van der Waals surface area (Å²) in [5.74, 6) is 1.68. The van der Waals surface area contributed by atoms with Crippen LogP contribution in [0.15, 0.2) is 70.9 Å². The fourth-order valence-corrected chi connectivity index (χ4v) is 6.22. The Morgan fingerprint density at radius 1 is 1.05 bits per heavy atom. The first-order chi connectivity index (χ1) is 19.0. The van der Waals surface area contributed by atoms with Crippen molar-refractivity contribution in [3.8, 4) is 11.5 Å². The number of ether oxygens (including phenoxy) is 1. The van der Waals surface area contributed by atoms with Crippen LogP contribution >= 0.6 is 0 Å². The molecule has 1 aliphatic carbocycles. The maximum atomic E-state index is 14.1. The third-order valence-corrected chi connectivity index (χ3v) is 8.62. The Kier molecular flexibility index (Phi) is 7.16. The lowest BCUT2D eigenvalue weighted by Gasteiger charge is -2.23. The number of hydrogen-bond donors (Lipinski definition) is 1. The second kappa shape index (κ2) is 10.9. The van der Waals surface area contributed by atoms with Gasteiger partial charge in [0.2, 0.25) is 0 Å². The van der Waals surface area contributed by atoms with Crippen molar-refractivity contribution in [2.24, 2.45) is 10.9 Å². The minimum atomic E-state index is -0.323. The number of methoxy groups -OCH3 is 1. The summed E-state index contributed by atoms with van der Waals surface area (Å²) in [6, 6.07) is 17.3. The molecule has 1 saturated carbocycles. The molecule has 3 aliphatic rings. The molecule has 2 heterocycles. The van der Waals surface area contributed by atoms with Crippen molar-refractivity contribution in [3.63, 3.8) is 0 Å². The number of anilines is 1. The largest absolute Gasteiger partial charge is 0.508 e. The molecule has 4 nitrogen and oxygen atoms in total. The lowest BCUT2D eigenvalue weighted by atomic mass is 10.0. The first-order valence-corrected chi connectivity index (χ1v) is 14.3. The number of fused-ring (bicyclic) bond motifs is 1. The van der Waals surface area contributed by atoms with Gasteiger partial charge in [0.1, 0.15) is 17.3 Å². The first-order valence-electron chi connectivity index (χ1n) is 14.3. The predicted octanol–water partition coefficient (Wildman–Crippen LogP) is 6.39. The molecule has 0 spiro atoms. The van der Waals surface area contributed by atoms with Crippen LogP contribution in [0.4, 0.5) is 10.1 Å². The van der Waals surface area contributed by atoms with Gasteiger partial charge < -0.3 is 14.7 Å². The summed E-state index contributed by atoms with van der Waals surface area (Å²) in [7, 11) is 1.58. The maximum absolute atomic E-state index is 14.1. The highest BCUT2D eigenvalue weighted by atomic mass is 19.1. The molecule has 2 atom stereocenters. The van der Waals surface area contributed by atoms with Gasteiger partial charge in [0, 0.05) is 47.9 Å². The van der Waals surface area contributed by atoms with E-state index in [4.69, 9.17) is 9.73 Å². The van der Waals surface area contributed by atoms with Gasteiger partial charge in [0.25, 0.3) is 0 Å². The molecule has 2 unspecified atom stereocenters. The molecule has 0 radical (unpaired) electrons. The van der Waals surface area contributed by atoms with E-state index in [1.54, 1.807) is 19.2 Å². The van der Waals surface area contributed by atoms with Gasteiger partial charge in [-0.1, -0.05) is 25.1 Å². The number of rotatable bonds is 5. The van der Waals surface area contributed by atoms with Crippen LogP contribution in [-0.2, 0) is 6.42 Å². The summed E-state index contributed by atoms with van der Waals surface area (Å²) in [6.45, 7) is 4.66. The average Bonchev–Trinajstić information content (AvgIpc) is 3.77. The molecule has 1 N–H and O–H groups in total. The number of aromatic hydroxyl groups is 1. The van der Waals surface area contributed by atoms with Crippen molar-refractivity contribution in [2.45, 2.75) is 57.8 Å². The van der Waals surface area contributed by atoms with Gasteiger partial charge in [-0.15, -0.1) is 0 Å². The van der Waals surface area contributed by atoms with Crippen molar-refractivity contribution in [2.75, 3.05) is 25.1 Å². The van der Waals surface area contributed by atoms with E-state index in [1.807, 2.05) is 6.07 Å². The Hall–Kier alpha value is -3.60. The smallest absolute Gasteiger partial charge is 0.123 e. The third kappa shape index (κ3) is 5.45.